The molecule has 0 spiro atoms. The van der Waals surface area contributed by atoms with E-state index >= 15 is 0 Å². The lowest BCUT2D eigenvalue weighted by Crippen LogP contribution is -2.83. The Morgan fingerprint density at radius 1 is 0.952 bits per heavy atom. The third-order valence-corrected chi connectivity index (χ3v) is 3.71. The van der Waals surface area contributed by atoms with Gasteiger partial charge in [0.25, 0.3) is 0 Å². The van der Waals surface area contributed by atoms with Gasteiger partial charge in [-0.15, -0.1) is 0 Å². The summed E-state index contributed by atoms with van der Waals surface area (Å²) in [6, 6.07) is 14.7. The van der Waals surface area contributed by atoms with Gasteiger partial charge in [0.15, 0.2) is 11.5 Å². The van der Waals surface area contributed by atoms with Crippen LogP contribution in [0.5, 0.6) is 11.5 Å². The van der Waals surface area contributed by atoms with Crippen molar-refractivity contribution in [2.75, 3.05) is 20.8 Å². The number of quaternary nitrogens is 1. The van der Waals surface area contributed by atoms with Crippen LogP contribution in [-0.2, 0) is 13.0 Å². The molecule has 0 aliphatic carbocycles. The van der Waals surface area contributed by atoms with Crippen molar-refractivity contribution in [1.29, 1.82) is 0 Å². The minimum absolute atomic E-state index is 0.783. The molecule has 2 aromatic rings. The highest BCUT2D eigenvalue weighted by Crippen LogP contribution is 2.27. The molecule has 21 heavy (non-hydrogen) atoms. The molecule has 0 aromatic heterocycles. The fraction of sp³-hybridized carbons (Fsp3) is 0.333. The summed E-state index contributed by atoms with van der Waals surface area (Å²) in [6.45, 7) is 4.25. The van der Waals surface area contributed by atoms with Crippen LogP contribution in [0.3, 0.4) is 0 Å². The molecular formula is C18H24NO2+. The summed E-state index contributed by atoms with van der Waals surface area (Å²) in [4.78, 5) is 0. The first-order valence-corrected chi connectivity index (χ1v) is 7.31. The maximum Gasteiger partial charge on any atom is 0.160 e. The van der Waals surface area contributed by atoms with Crippen LogP contribution in [0.2, 0.25) is 0 Å². The molecule has 2 aromatic carbocycles. The fourth-order valence-electron chi connectivity index (χ4n) is 2.40. The third kappa shape index (κ3) is 4.23. The minimum Gasteiger partial charge on any atom is -0.493 e. The van der Waals surface area contributed by atoms with E-state index < -0.39 is 0 Å². The van der Waals surface area contributed by atoms with E-state index in [2.05, 4.69) is 48.6 Å². The van der Waals surface area contributed by atoms with Crippen molar-refractivity contribution in [2.24, 2.45) is 0 Å². The van der Waals surface area contributed by atoms with Crippen molar-refractivity contribution in [3.8, 4) is 11.5 Å². The number of rotatable bonds is 7. The van der Waals surface area contributed by atoms with Crippen LogP contribution in [0.1, 0.15) is 16.7 Å². The van der Waals surface area contributed by atoms with E-state index in [0.29, 0.717) is 0 Å². The zero-order valence-electron chi connectivity index (χ0n) is 13.1. The number of nitrogens with two attached hydrogens (primary N) is 1. The zero-order chi connectivity index (χ0) is 15.1. The maximum atomic E-state index is 5.33. The van der Waals surface area contributed by atoms with E-state index in [0.717, 1.165) is 31.0 Å². The first-order chi connectivity index (χ1) is 10.2. The summed E-state index contributed by atoms with van der Waals surface area (Å²) in [5, 5.41) is 2.35. The van der Waals surface area contributed by atoms with E-state index in [1.54, 1.807) is 14.2 Å². The van der Waals surface area contributed by atoms with Crippen LogP contribution in [0, 0.1) is 6.92 Å². The van der Waals surface area contributed by atoms with Crippen molar-refractivity contribution < 1.29 is 14.8 Å². The molecule has 2 N–H and O–H groups in total. The van der Waals surface area contributed by atoms with E-state index in [4.69, 9.17) is 9.47 Å². The predicted octanol–water partition coefficient (Wildman–Crippen LogP) is 2.32. The van der Waals surface area contributed by atoms with Crippen molar-refractivity contribution in [3.63, 3.8) is 0 Å². The van der Waals surface area contributed by atoms with Crippen LogP contribution in [-0.4, -0.2) is 20.8 Å². The largest absolute Gasteiger partial charge is 0.493 e. The molecule has 3 heteroatoms. The molecule has 0 atom stereocenters. The monoisotopic (exact) mass is 286 g/mol. The van der Waals surface area contributed by atoms with Gasteiger partial charge in [-0.1, -0.05) is 30.3 Å². The van der Waals surface area contributed by atoms with Crippen LogP contribution in [0.4, 0.5) is 0 Å². The maximum absolute atomic E-state index is 5.33. The number of benzene rings is 2. The van der Waals surface area contributed by atoms with Gasteiger partial charge < -0.3 is 14.8 Å². The number of aryl methyl sites for hydroxylation is 1. The van der Waals surface area contributed by atoms with Gasteiger partial charge in [0, 0.05) is 12.0 Å². The molecule has 0 radical (unpaired) electrons. The first-order valence-electron chi connectivity index (χ1n) is 7.31. The highest BCUT2D eigenvalue weighted by atomic mass is 16.5. The Hall–Kier alpha value is -2.00. The van der Waals surface area contributed by atoms with Crippen LogP contribution >= 0.6 is 0 Å². The van der Waals surface area contributed by atoms with Gasteiger partial charge >= 0.3 is 0 Å². The van der Waals surface area contributed by atoms with Crippen LogP contribution in [0.25, 0.3) is 0 Å². The van der Waals surface area contributed by atoms with Gasteiger partial charge in [0.2, 0.25) is 0 Å². The average molecular weight is 286 g/mol. The lowest BCUT2D eigenvalue weighted by atomic mass is 10.1. The second kappa shape index (κ2) is 7.70. The summed E-state index contributed by atoms with van der Waals surface area (Å²) in [6.07, 6.45) is 1.02. The SMILES string of the molecule is COc1ccc(CC[NH2+]Cc2ccccc2C)cc1OC. The Balaban J connectivity index is 1.85. The smallest absolute Gasteiger partial charge is 0.160 e. The van der Waals surface area contributed by atoms with Gasteiger partial charge in [0.05, 0.1) is 20.8 Å². The highest BCUT2D eigenvalue weighted by Gasteiger charge is 2.05. The molecular weight excluding hydrogens is 262 g/mol. The van der Waals surface area contributed by atoms with Gasteiger partial charge in [-0.3, -0.25) is 0 Å². The Morgan fingerprint density at radius 2 is 1.71 bits per heavy atom. The van der Waals surface area contributed by atoms with E-state index in [9.17, 15) is 0 Å². The topological polar surface area (TPSA) is 35.1 Å². The van der Waals surface area contributed by atoms with E-state index in [1.807, 2.05) is 6.07 Å². The number of ether oxygens (including phenoxy) is 2. The summed E-state index contributed by atoms with van der Waals surface area (Å²) in [5.74, 6) is 1.58. The fourth-order valence-corrected chi connectivity index (χ4v) is 2.40. The first kappa shape index (κ1) is 15.4. The van der Waals surface area contributed by atoms with Crippen molar-refractivity contribution >= 4 is 0 Å². The van der Waals surface area contributed by atoms with Gasteiger partial charge in [-0.05, 0) is 30.2 Å². The van der Waals surface area contributed by atoms with Gasteiger partial charge in [-0.2, -0.15) is 0 Å². The Bertz CT molecular complexity index is 581. The molecule has 0 unspecified atom stereocenters. The quantitative estimate of drug-likeness (QED) is 0.793. The molecule has 112 valence electrons. The van der Waals surface area contributed by atoms with Crippen molar-refractivity contribution in [1.82, 2.24) is 0 Å². The summed E-state index contributed by atoms with van der Waals surface area (Å²) in [7, 11) is 3.33. The molecule has 2 rings (SSSR count). The number of hydrogen-bond acceptors (Lipinski definition) is 2. The second-order valence-electron chi connectivity index (χ2n) is 5.15. The molecule has 0 amide bonds. The van der Waals surface area contributed by atoms with Gasteiger partial charge in [0.1, 0.15) is 6.54 Å². The third-order valence-electron chi connectivity index (χ3n) is 3.71. The predicted molar refractivity (Wildman–Crippen MR) is 84.9 cm³/mol. The zero-order valence-corrected chi connectivity index (χ0v) is 13.1. The van der Waals surface area contributed by atoms with Crippen molar-refractivity contribution in [2.45, 2.75) is 19.9 Å². The number of hydrogen-bond donors (Lipinski definition) is 1. The Labute approximate surface area is 126 Å². The van der Waals surface area contributed by atoms with E-state index in [1.165, 1.54) is 16.7 Å². The molecule has 0 fully saturated rings. The van der Waals surface area contributed by atoms with Crippen LogP contribution in [0.15, 0.2) is 42.5 Å². The standard InChI is InChI=1S/C18H23NO2/c1-14-6-4-5-7-16(14)13-19-11-10-15-8-9-17(20-2)18(12-15)21-3/h4-9,12,19H,10-11,13H2,1-3H3/p+1. The van der Waals surface area contributed by atoms with Crippen LogP contribution < -0.4 is 14.8 Å². The summed E-state index contributed by atoms with van der Waals surface area (Å²) >= 11 is 0. The Kier molecular flexibility index (Phi) is 5.64. The second-order valence-corrected chi connectivity index (χ2v) is 5.15. The molecule has 0 aliphatic rings. The van der Waals surface area contributed by atoms with E-state index in [-0.39, 0.29) is 0 Å². The highest BCUT2D eigenvalue weighted by molar-refractivity contribution is 5.42. The molecule has 0 saturated heterocycles. The average Bonchev–Trinajstić information content (AvgIpc) is 2.52. The lowest BCUT2D eigenvalue weighted by molar-refractivity contribution is -0.670. The lowest BCUT2D eigenvalue weighted by Gasteiger charge is -2.09. The van der Waals surface area contributed by atoms with Gasteiger partial charge in [-0.25, -0.2) is 0 Å². The summed E-state index contributed by atoms with van der Waals surface area (Å²) in [5.41, 5.74) is 4.04. The molecule has 0 heterocycles. The number of methoxy groups -OCH3 is 2. The molecule has 0 saturated carbocycles. The molecule has 0 bridgehead atoms. The summed E-state index contributed by atoms with van der Waals surface area (Å²) < 4.78 is 10.6. The molecule has 3 nitrogen and oxygen atoms in total. The van der Waals surface area contributed by atoms with Crippen molar-refractivity contribution in [3.05, 3.63) is 59.2 Å². The Morgan fingerprint density at radius 3 is 2.43 bits per heavy atom. The normalized spacial score (nSPS) is 10.4. The minimum atomic E-state index is 0.783. The molecule has 0 aliphatic heterocycles.